The Morgan fingerprint density at radius 2 is 2.00 bits per heavy atom. The second kappa shape index (κ2) is 6.78. The van der Waals surface area contributed by atoms with E-state index in [1.165, 1.54) is 0 Å². The molecular weight excluding hydrogens is 291 g/mol. The third-order valence-corrected chi connectivity index (χ3v) is 2.77. The Balaban J connectivity index is 2.69. The monoisotopic (exact) mass is 304 g/mol. The van der Waals surface area contributed by atoms with Crippen LogP contribution in [0.4, 0.5) is 5.69 Å². The molecule has 0 fully saturated rings. The van der Waals surface area contributed by atoms with Gasteiger partial charge in [-0.3, -0.25) is 0 Å². The number of hydrogen-bond donors (Lipinski definition) is 3. The van der Waals surface area contributed by atoms with Crippen LogP contribution in [0.25, 0.3) is 0 Å². The summed E-state index contributed by atoms with van der Waals surface area (Å²) in [5, 5.41) is 7.08. The normalized spacial score (nSPS) is 11.5. The van der Waals surface area contributed by atoms with E-state index in [0.717, 1.165) is 0 Å². The molecule has 98 valence electrons. The van der Waals surface area contributed by atoms with Crippen LogP contribution in [0.15, 0.2) is 23.2 Å². The van der Waals surface area contributed by atoms with E-state index in [2.05, 4.69) is 15.6 Å². The molecule has 7 heteroatoms. The molecule has 0 heterocycles. The van der Waals surface area contributed by atoms with Crippen molar-refractivity contribution in [3.8, 4) is 0 Å². The molecule has 0 aliphatic heterocycles. The standard InChI is InChI=1S/C11H14Cl2N4S/c1-6(2)15-11(18)17-10(14)16-7-3-4-8(12)9(13)5-7/h3-6H,1-2H3,(H4,14,15,16,17,18). The molecule has 0 bridgehead atoms. The number of halogens is 2. The van der Waals surface area contributed by atoms with Crippen LogP contribution in [0, 0.1) is 0 Å². The summed E-state index contributed by atoms with van der Waals surface area (Å²) in [7, 11) is 0. The molecule has 0 radical (unpaired) electrons. The van der Waals surface area contributed by atoms with Gasteiger partial charge in [0.2, 0.25) is 5.96 Å². The van der Waals surface area contributed by atoms with E-state index in [9.17, 15) is 0 Å². The molecule has 4 N–H and O–H groups in total. The van der Waals surface area contributed by atoms with Gasteiger partial charge in [0.1, 0.15) is 0 Å². The molecule has 0 amide bonds. The van der Waals surface area contributed by atoms with Crippen molar-refractivity contribution in [3.05, 3.63) is 28.2 Å². The molecule has 0 aliphatic rings. The molecule has 0 aromatic heterocycles. The molecular formula is C11H14Cl2N4S. The lowest BCUT2D eigenvalue weighted by atomic mass is 10.3. The van der Waals surface area contributed by atoms with Crippen LogP contribution in [0.5, 0.6) is 0 Å². The lowest BCUT2D eigenvalue weighted by Crippen LogP contribution is -2.31. The summed E-state index contributed by atoms with van der Waals surface area (Å²) >= 11 is 16.7. The minimum absolute atomic E-state index is 0.187. The van der Waals surface area contributed by atoms with Crippen LogP contribution in [0.1, 0.15) is 13.8 Å². The van der Waals surface area contributed by atoms with Crippen molar-refractivity contribution in [1.82, 2.24) is 5.32 Å². The van der Waals surface area contributed by atoms with Crippen molar-refractivity contribution in [2.75, 3.05) is 5.32 Å². The van der Waals surface area contributed by atoms with E-state index in [1.807, 2.05) is 13.8 Å². The van der Waals surface area contributed by atoms with Crippen LogP contribution in [-0.2, 0) is 0 Å². The van der Waals surface area contributed by atoms with Crippen LogP contribution in [0.2, 0.25) is 10.0 Å². The van der Waals surface area contributed by atoms with Gasteiger partial charge in [0, 0.05) is 11.7 Å². The predicted molar refractivity (Wildman–Crippen MR) is 82.6 cm³/mol. The van der Waals surface area contributed by atoms with E-state index in [0.29, 0.717) is 20.8 Å². The Morgan fingerprint density at radius 3 is 2.56 bits per heavy atom. The summed E-state index contributed by atoms with van der Waals surface area (Å²) in [6.45, 7) is 3.93. The Bertz CT molecular complexity index is 474. The van der Waals surface area contributed by atoms with Gasteiger partial charge < -0.3 is 16.4 Å². The van der Waals surface area contributed by atoms with E-state index in [-0.39, 0.29) is 12.0 Å². The number of anilines is 1. The Morgan fingerprint density at radius 1 is 1.33 bits per heavy atom. The van der Waals surface area contributed by atoms with Crippen LogP contribution in [-0.4, -0.2) is 17.1 Å². The van der Waals surface area contributed by atoms with E-state index in [4.69, 9.17) is 41.2 Å². The number of guanidine groups is 1. The number of nitrogens with two attached hydrogens (primary N) is 1. The quantitative estimate of drug-likeness (QED) is 0.446. The molecule has 4 nitrogen and oxygen atoms in total. The number of nitrogens with one attached hydrogen (secondary N) is 2. The number of aliphatic imine (C=N–C) groups is 1. The molecule has 1 rings (SSSR count). The first-order chi connectivity index (χ1) is 8.38. The van der Waals surface area contributed by atoms with Crippen LogP contribution < -0.4 is 16.4 Å². The SMILES string of the molecule is CC(C)NC(=S)N=C(N)Nc1ccc(Cl)c(Cl)c1. The van der Waals surface area contributed by atoms with Crippen molar-refractivity contribution in [2.24, 2.45) is 10.7 Å². The average molecular weight is 305 g/mol. The minimum atomic E-state index is 0.187. The second-order valence-corrected chi connectivity index (χ2v) is 5.06. The van der Waals surface area contributed by atoms with Gasteiger partial charge in [-0.2, -0.15) is 4.99 Å². The highest BCUT2D eigenvalue weighted by Crippen LogP contribution is 2.24. The molecule has 0 saturated carbocycles. The fourth-order valence-corrected chi connectivity index (χ4v) is 1.77. The maximum Gasteiger partial charge on any atom is 0.200 e. The summed E-state index contributed by atoms with van der Waals surface area (Å²) < 4.78 is 0. The highest BCUT2D eigenvalue weighted by atomic mass is 35.5. The molecule has 0 unspecified atom stereocenters. The number of rotatable bonds is 2. The molecule has 0 spiro atoms. The first-order valence-corrected chi connectivity index (χ1v) is 6.41. The molecule has 0 atom stereocenters. The fraction of sp³-hybridized carbons (Fsp3) is 0.273. The van der Waals surface area contributed by atoms with Crippen molar-refractivity contribution in [2.45, 2.75) is 19.9 Å². The summed E-state index contributed by atoms with van der Waals surface area (Å²) in [4.78, 5) is 3.99. The largest absolute Gasteiger partial charge is 0.369 e. The molecule has 18 heavy (non-hydrogen) atoms. The van der Waals surface area contributed by atoms with Gasteiger partial charge in [0.15, 0.2) is 5.11 Å². The van der Waals surface area contributed by atoms with Gasteiger partial charge in [-0.05, 0) is 44.3 Å². The zero-order valence-electron chi connectivity index (χ0n) is 10.00. The average Bonchev–Trinajstić information content (AvgIpc) is 2.21. The topological polar surface area (TPSA) is 62.4 Å². The third kappa shape index (κ3) is 5.08. The van der Waals surface area contributed by atoms with Gasteiger partial charge in [0.25, 0.3) is 0 Å². The number of hydrogen-bond acceptors (Lipinski definition) is 1. The van der Waals surface area contributed by atoms with Crippen LogP contribution >= 0.6 is 35.4 Å². The van der Waals surface area contributed by atoms with E-state index in [1.54, 1.807) is 18.2 Å². The maximum atomic E-state index is 5.88. The van der Waals surface area contributed by atoms with Crippen molar-refractivity contribution >= 4 is 52.2 Å². The van der Waals surface area contributed by atoms with Gasteiger partial charge in [-0.15, -0.1) is 0 Å². The van der Waals surface area contributed by atoms with Crippen molar-refractivity contribution in [1.29, 1.82) is 0 Å². The molecule has 0 saturated heterocycles. The van der Waals surface area contributed by atoms with Gasteiger partial charge >= 0.3 is 0 Å². The lowest BCUT2D eigenvalue weighted by Gasteiger charge is -2.09. The smallest absolute Gasteiger partial charge is 0.200 e. The zero-order valence-corrected chi connectivity index (χ0v) is 12.3. The maximum absolute atomic E-state index is 5.88. The summed E-state index contributed by atoms with van der Waals surface area (Å²) in [5.74, 6) is 0.187. The van der Waals surface area contributed by atoms with Gasteiger partial charge in [-0.1, -0.05) is 23.2 Å². The molecule has 1 aromatic rings. The Kier molecular flexibility index (Phi) is 5.65. The highest BCUT2D eigenvalue weighted by Gasteiger charge is 2.02. The second-order valence-electron chi connectivity index (χ2n) is 3.86. The molecule has 1 aromatic carbocycles. The van der Waals surface area contributed by atoms with Gasteiger partial charge in [-0.25, -0.2) is 0 Å². The minimum Gasteiger partial charge on any atom is -0.369 e. The zero-order chi connectivity index (χ0) is 13.7. The predicted octanol–water partition coefficient (Wildman–Crippen LogP) is 3.00. The van der Waals surface area contributed by atoms with Crippen LogP contribution in [0.3, 0.4) is 0 Å². The van der Waals surface area contributed by atoms with Gasteiger partial charge in [0.05, 0.1) is 10.0 Å². The van der Waals surface area contributed by atoms with Crippen molar-refractivity contribution in [3.63, 3.8) is 0 Å². The third-order valence-electron chi connectivity index (χ3n) is 1.83. The summed E-state index contributed by atoms with van der Waals surface area (Å²) in [6.07, 6.45) is 0. The molecule has 0 aliphatic carbocycles. The Labute approximate surface area is 122 Å². The van der Waals surface area contributed by atoms with Crippen molar-refractivity contribution < 1.29 is 0 Å². The summed E-state index contributed by atoms with van der Waals surface area (Å²) in [5.41, 5.74) is 6.40. The lowest BCUT2D eigenvalue weighted by molar-refractivity contribution is 0.736. The Hall–Kier alpha value is -1.04. The van der Waals surface area contributed by atoms with E-state index < -0.39 is 0 Å². The number of nitrogens with zero attached hydrogens (tertiary/aromatic N) is 1. The first kappa shape index (κ1) is 15.0. The van der Waals surface area contributed by atoms with E-state index >= 15 is 0 Å². The highest BCUT2D eigenvalue weighted by molar-refractivity contribution is 7.80. The number of benzene rings is 1. The first-order valence-electron chi connectivity index (χ1n) is 5.25. The fourth-order valence-electron chi connectivity index (χ4n) is 1.14. The summed E-state index contributed by atoms with van der Waals surface area (Å²) in [6, 6.07) is 5.28. The number of thiocarbonyl (C=S) groups is 1.